The lowest BCUT2D eigenvalue weighted by Crippen LogP contribution is -2.50. The molecule has 0 radical (unpaired) electrons. The molecule has 2 saturated heterocycles. The molecule has 2 aliphatic heterocycles. The first-order chi connectivity index (χ1) is 11.5. The van der Waals surface area contributed by atoms with Gasteiger partial charge in [0, 0.05) is 32.1 Å². The van der Waals surface area contributed by atoms with Crippen LogP contribution in [0.3, 0.4) is 0 Å². The van der Waals surface area contributed by atoms with Gasteiger partial charge in [-0.05, 0) is 44.9 Å². The van der Waals surface area contributed by atoms with Gasteiger partial charge in [-0.15, -0.1) is 0 Å². The summed E-state index contributed by atoms with van der Waals surface area (Å²) in [6.07, 6.45) is 8.06. The standard InChI is InChI=1S/C19H32N2O3/c1-14-5-3-6-17(13-14)24-15(2)19(23)20-11-8-16(9-12-20)21-10-4-7-18(21)22/h14-17H,3-13H2,1-2H3/t14-,15-,17+/m1/s1. The molecular formula is C19H32N2O3. The summed E-state index contributed by atoms with van der Waals surface area (Å²) in [6.45, 7) is 6.57. The number of rotatable bonds is 4. The van der Waals surface area contributed by atoms with Crippen molar-refractivity contribution in [2.75, 3.05) is 19.6 Å². The van der Waals surface area contributed by atoms with Crippen LogP contribution in [0.1, 0.15) is 65.2 Å². The van der Waals surface area contributed by atoms with Crippen LogP contribution in [0.2, 0.25) is 0 Å². The highest BCUT2D eigenvalue weighted by Crippen LogP contribution is 2.27. The maximum absolute atomic E-state index is 12.7. The van der Waals surface area contributed by atoms with E-state index in [1.165, 1.54) is 12.8 Å². The Morgan fingerprint density at radius 3 is 2.50 bits per heavy atom. The first-order valence-corrected chi connectivity index (χ1v) is 9.78. The Morgan fingerprint density at radius 2 is 1.88 bits per heavy atom. The van der Waals surface area contributed by atoms with E-state index in [9.17, 15) is 9.59 Å². The van der Waals surface area contributed by atoms with Gasteiger partial charge in [0.2, 0.25) is 5.91 Å². The molecule has 0 aromatic rings. The normalized spacial score (nSPS) is 30.7. The van der Waals surface area contributed by atoms with Crippen LogP contribution >= 0.6 is 0 Å². The number of piperidine rings is 1. The van der Waals surface area contributed by atoms with Gasteiger partial charge < -0.3 is 14.5 Å². The van der Waals surface area contributed by atoms with Crippen molar-refractivity contribution in [1.29, 1.82) is 0 Å². The lowest BCUT2D eigenvalue weighted by molar-refractivity contribution is -0.149. The number of amides is 2. The molecule has 5 nitrogen and oxygen atoms in total. The highest BCUT2D eigenvalue weighted by Gasteiger charge is 2.33. The summed E-state index contributed by atoms with van der Waals surface area (Å²) in [5.41, 5.74) is 0. The third-order valence-corrected chi connectivity index (χ3v) is 5.96. The van der Waals surface area contributed by atoms with E-state index in [0.29, 0.717) is 24.3 Å². The number of nitrogens with zero attached hydrogens (tertiary/aromatic N) is 2. The molecule has 0 bridgehead atoms. The summed E-state index contributed by atoms with van der Waals surface area (Å²) in [4.78, 5) is 28.5. The third-order valence-electron chi connectivity index (χ3n) is 5.96. The van der Waals surface area contributed by atoms with Crippen molar-refractivity contribution in [3.05, 3.63) is 0 Å². The summed E-state index contributed by atoms with van der Waals surface area (Å²) >= 11 is 0. The minimum absolute atomic E-state index is 0.124. The molecule has 0 N–H and O–H groups in total. The zero-order valence-electron chi connectivity index (χ0n) is 15.2. The minimum Gasteiger partial charge on any atom is -0.365 e. The number of likely N-dealkylation sites (tertiary alicyclic amines) is 2. The Bertz CT molecular complexity index is 460. The fourth-order valence-electron chi connectivity index (χ4n) is 4.56. The Balaban J connectivity index is 1.45. The van der Waals surface area contributed by atoms with Gasteiger partial charge in [0.25, 0.3) is 5.91 Å². The van der Waals surface area contributed by atoms with E-state index in [2.05, 4.69) is 6.92 Å². The number of ether oxygens (including phenoxy) is 1. The molecule has 2 heterocycles. The van der Waals surface area contributed by atoms with Gasteiger partial charge in [-0.25, -0.2) is 0 Å². The molecule has 3 fully saturated rings. The summed E-state index contributed by atoms with van der Waals surface area (Å²) in [5.74, 6) is 1.13. The topological polar surface area (TPSA) is 49.9 Å². The smallest absolute Gasteiger partial charge is 0.251 e. The second kappa shape index (κ2) is 7.85. The molecule has 24 heavy (non-hydrogen) atoms. The molecule has 3 atom stereocenters. The lowest BCUT2D eigenvalue weighted by Gasteiger charge is -2.38. The van der Waals surface area contributed by atoms with E-state index < -0.39 is 0 Å². The van der Waals surface area contributed by atoms with Crippen molar-refractivity contribution in [3.63, 3.8) is 0 Å². The summed E-state index contributed by atoms with van der Waals surface area (Å²) < 4.78 is 6.06. The second-order valence-corrected chi connectivity index (χ2v) is 7.92. The van der Waals surface area contributed by atoms with Crippen LogP contribution in [0.15, 0.2) is 0 Å². The van der Waals surface area contributed by atoms with Crippen LogP contribution in [0.25, 0.3) is 0 Å². The predicted molar refractivity (Wildman–Crippen MR) is 92.5 cm³/mol. The summed E-state index contributed by atoms with van der Waals surface area (Å²) in [7, 11) is 0. The van der Waals surface area contributed by atoms with E-state index >= 15 is 0 Å². The van der Waals surface area contributed by atoms with Crippen LogP contribution in [0.4, 0.5) is 0 Å². The van der Waals surface area contributed by atoms with Crippen molar-refractivity contribution >= 4 is 11.8 Å². The molecular weight excluding hydrogens is 304 g/mol. The minimum atomic E-state index is -0.342. The van der Waals surface area contributed by atoms with Gasteiger partial charge in [-0.2, -0.15) is 0 Å². The Morgan fingerprint density at radius 1 is 1.12 bits per heavy atom. The molecule has 1 saturated carbocycles. The van der Waals surface area contributed by atoms with Gasteiger partial charge in [-0.1, -0.05) is 19.8 Å². The van der Waals surface area contributed by atoms with Crippen LogP contribution < -0.4 is 0 Å². The molecule has 5 heteroatoms. The van der Waals surface area contributed by atoms with Gasteiger partial charge in [0.05, 0.1) is 6.10 Å². The lowest BCUT2D eigenvalue weighted by atomic mass is 9.88. The maximum Gasteiger partial charge on any atom is 0.251 e. The molecule has 0 spiro atoms. The molecule has 2 amide bonds. The van der Waals surface area contributed by atoms with E-state index in [4.69, 9.17) is 4.74 Å². The first kappa shape index (κ1) is 17.7. The highest BCUT2D eigenvalue weighted by atomic mass is 16.5. The van der Waals surface area contributed by atoms with E-state index in [1.54, 1.807) is 0 Å². The maximum atomic E-state index is 12.7. The molecule has 0 aromatic carbocycles. The summed E-state index contributed by atoms with van der Waals surface area (Å²) in [6, 6.07) is 0.333. The van der Waals surface area contributed by atoms with Crippen molar-refractivity contribution in [2.45, 2.75) is 83.5 Å². The van der Waals surface area contributed by atoms with Crippen LogP contribution in [0, 0.1) is 5.92 Å². The predicted octanol–water partition coefficient (Wildman–Crippen LogP) is 2.58. The Kier molecular flexibility index (Phi) is 5.80. The molecule has 0 aromatic heterocycles. The van der Waals surface area contributed by atoms with Crippen molar-refractivity contribution in [3.8, 4) is 0 Å². The number of hydrogen-bond donors (Lipinski definition) is 0. The van der Waals surface area contributed by atoms with Crippen LogP contribution in [-0.2, 0) is 14.3 Å². The highest BCUT2D eigenvalue weighted by molar-refractivity contribution is 5.81. The van der Waals surface area contributed by atoms with Gasteiger partial charge in [0.15, 0.2) is 0 Å². The zero-order valence-corrected chi connectivity index (χ0v) is 15.2. The third kappa shape index (κ3) is 4.11. The van der Waals surface area contributed by atoms with Gasteiger partial charge >= 0.3 is 0 Å². The average molecular weight is 336 g/mol. The first-order valence-electron chi connectivity index (χ1n) is 9.78. The fourth-order valence-corrected chi connectivity index (χ4v) is 4.56. The van der Waals surface area contributed by atoms with Gasteiger partial charge in [0.1, 0.15) is 6.10 Å². The molecule has 1 aliphatic carbocycles. The number of hydrogen-bond acceptors (Lipinski definition) is 3. The molecule has 3 rings (SSSR count). The largest absolute Gasteiger partial charge is 0.365 e. The van der Waals surface area contributed by atoms with E-state index in [-0.39, 0.29) is 18.1 Å². The number of carbonyl (C=O) groups is 2. The monoisotopic (exact) mass is 336 g/mol. The van der Waals surface area contributed by atoms with Crippen LogP contribution in [-0.4, -0.2) is 59.5 Å². The Hall–Kier alpha value is -1.10. The molecule has 136 valence electrons. The Labute approximate surface area is 145 Å². The van der Waals surface area contributed by atoms with E-state index in [0.717, 1.165) is 51.7 Å². The fraction of sp³-hybridized carbons (Fsp3) is 0.895. The average Bonchev–Trinajstić information content (AvgIpc) is 3.00. The summed E-state index contributed by atoms with van der Waals surface area (Å²) in [5, 5.41) is 0. The molecule has 3 aliphatic rings. The van der Waals surface area contributed by atoms with Crippen molar-refractivity contribution in [2.24, 2.45) is 5.92 Å². The zero-order chi connectivity index (χ0) is 17.1. The SMILES string of the molecule is C[C@@H]1CCC[C@H](O[C@H](C)C(=O)N2CCC(N3CCCC3=O)CC2)C1. The number of carbonyl (C=O) groups excluding carboxylic acids is 2. The molecule has 0 unspecified atom stereocenters. The van der Waals surface area contributed by atoms with E-state index in [1.807, 2.05) is 16.7 Å². The van der Waals surface area contributed by atoms with Crippen molar-refractivity contribution in [1.82, 2.24) is 9.80 Å². The quantitative estimate of drug-likeness (QED) is 0.793. The van der Waals surface area contributed by atoms with Crippen molar-refractivity contribution < 1.29 is 14.3 Å². The van der Waals surface area contributed by atoms with Gasteiger partial charge in [-0.3, -0.25) is 9.59 Å². The van der Waals surface area contributed by atoms with Crippen LogP contribution in [0.5, 0.6) is 0 Å². The second-order valence-electron chi connectivity index (χ2n) is 7.92.